The van der Waals surface area contributed by atoms with Gasteiger partial charge in [-0.05, 0) is 52.5 Å². The Kier molecular flexibility index (Phi) is 5.72. The van der Waals surface area contributed by atoms with Gasteiger partial charge in [0.15, 0.2) is 5.65 Å². The SMILES string of the molecule is Cc1ccc(-c2cc(C(=O)N3CCC(NC4CCC4)CC3)c3cnn(C(C)C)c3n2)cc1. The van der Waals surface area contributed by atoms with Crippen LogP contribution in [-0.4, -0.2) is 50.7 Å². The van der Waals surface area contributed by atoms with Crippen LogP contribution < -0.4 is 5.32 Å². The van der Waals surface area contributed by atoms with Crippen molar-refractivity contribution in [3.63, 3.8) is 0 Å². The molecule has 1 aliphatic heterocycles. The number of likely N-dealkylation sites (tertiary alicyclic amines) is 1. The van der Waals surface area contributed by atoms with E-state index in [1.54, 1.807) is 6.20 Å². The molecule has 0 unspecified atom stereocenters. The van der Waals surface area contributed by atoms with Crippen molar-refractivity contribution in [2.24, 2.45) is 0 Å². The quantitative estimate of drug-likeness (QED) is 0.634. The molecule has 6 heteroatoms. The van der Waals surface area contributed by atoms with Crippen molar-refractivity contribution in [3.8, 4) is 11.3 Å². The van der Waals surface area contributed by atoms with Crippen molar-refractivity contribution >= 4 is 16.9 Å². The number of hydrogen-bond acceptors (Lipinski definition) is 4. The molecule has 1 aliphatic carbocycles. The van der Waals surface area contributed by atoms with E-state index >= 15 is 0 Å². The lowest BCUT2D eigenvalue weighted by Crippen LogP contribution is -2.49. The van der Waals surface area contributed by atoms with Gasteiger partial charge in [-0.15, -0.1) is 0 Å². The Morgan fingerprint density at radius 2 is 1.75 bits per heavy atom. The number of carbonyl (C=O) groups excluding carboxylic acids is 1. The Balaban J connectivity index is 1.45. The summed E-state index contributed by atoms with van der Waals surface area (Å²) >= 11 is 0. The smallest absolute Gasteiger partial charge is 0.254 e. The van der Waals surface area contributed by atoms with Gasteiger partial charge in [-0.1, -0.05) is 36.2 Å². The fraction of sp³-hybridized carbons (Fsp3) is 0.500. The minimum atomic E-state index is 0.0937. The highest BCUT2D eigenvalue weighted by atomic mass is 16.2. The number of nitrogens with zero attached hydrogens (tertiary/aromatic N) is 4. The molecular weight excluding hydrogens is 398 g/mol. The zero-order valence-electron chi connectivity index (χ0n) is 19.3. The number of fused-ring (bicyclic) bond motifs is 1. The number of aromatic nitrogens is 3. The van der Waals surface area contributed by atoms with E-state index in [9.17, 15) is 4.79 Å². The van der Waals surface area contributed by atoms with E-state index in [1.807, 2.05) is 15.6 Å². The fourth-order valence-corrected chi connectivity index (χ4v) is 4.77. The number of pyridine rings is 1. The van der Waals surface area contributed by atoms with Gasteiger partial charge < -0.3 is 10.2 Å². The third kappa shape index (κ3) is 4.04. The number of piperidine rings is 1. The molecule has 1 saturated heterocycles. The molecular formula is C26H33N5O. The predicted molar refractivity (Wildman–Crippen MR) is 128 cm³/mol. The van der Waals surface area contributed by atoms with Crippen molar-refractivity contribution in [3.05, 3.63) is 47.7 Å². The minimum Gasteiger partial charge on any atom is -0.339 e. The maximum absolute atomic E-state index is 13.7. The number of nitrogens with one attached hydrogen (secondary N) is 1. The zero-order chi connectivity index (χ0) is 22.2. The third-order valence-corrected chi connectivity index (χ3v) is 6.99. The first-order chi connectivity index (χ1) is 15.5. The van der Waals surface area contributed by atoms with Crippen LogP contribution in [0.4, 0.5) is 0 Å². The van der Waals surface area contributed by atoms with E-state index in [0.29, 0.717) is 17.6 Å². The second kappa shape index (κ2) is 8.66. The molecule has 1 saturated carbocycles. The van der Waals surface area contributed by atoms with Crippen LogP contribution in [0.2, 0.25) is 0 Å². The average Bonchev–Trinajstić information content (AvgIpc) is 3.20. The van der Waals surface area contributed by atoms with Crippen LogP contribution in [0.5, 0.6) is 0 Å². The molecule has 1 aromatic carbocycles. The molecule has 5 rings (SSSR count). The molecule has 6 nitrogen and oxygen atoms in total. The summed E-state index contributed by atoms with van der Waals surface area (Å²) in [6.45, 7) is 7.85. The van der Waals surface area contributed by atoms with E-state index in [2.05, 4.69) is 55.5 Å². The first-order valence-electron chi connectivity index (χ1n) is 12.0. The molecule has 1 amide bonds. The van der Waals surface area contributed by atoms with E-state index < -0.39 is 0 Å². The molecule has 2 aliphatic rings. The summed E-state index contributed by atoms with van der Waals surface area (Å²) in [6.07, 6.45) is 7.80. The summed E-state index contributed by atoms with van der Waals surface area (Å²) in [7, 11) is 0. The van der Waals surface area contributed by atoms with Crippen LogP contribution in [0, 0.1) is 6.92 Å². The monoisotopic (exact) mass is 431 g/mol. The second-order valence-corrected chi connectivity index (χ2v) is 9.70. The molecule has 168 valence electrons. The lowest BCUT2D eigenvalue weighted by atomic mass is 9.91. The van der Waals surface area contributed by atoms with Gasteiger partial charge >= 0.3 is 0 Å². The summed E-state index contributed by atoms with van der Waals surface area (Å²) in [6, 6.07) is 11.7. The van der Waals surface area contributed by atoms with Gasteiger partial charge in [0.2, 0.25) is 0 Å². The minimum absolute atomic E-state index is 0.0937. The molecule has 0 atom stereocenters. The maximum Gasteiger partial charge on any atom is 0.254 e. The molecule has 1 N–H and O–H groups in total. The van der Waals surface area contributed by atoms with Crippen molar-refractivity contribution in [1.29, 1.82) is 0 Å². The number of carbonyl (C=O) groups is 1. The van der Waals surface area contributed by atoms with Crippen molar-refractivity contribution in [2.45, 2.75) is 71.0 Å². The Morgan fingerprint density at radius 3 is 2.38 bits per heavy atom. The fourth-order valence-electron chi connectivity index (χ4n) is 4.77. The van der Waals surface area contributed by atoms with Crippen molar-refractivity contribution in [1.82, 2.24) is 25.0 Å². The third-order valence-electron chi connectivity index (χ3n) is 6.99. The molecule has 32 heavy (non-hydrogen) atoms. The first kappa shape index (κ1) is 21.1. The summed E-state index contributed by atoms with van der Waals surface area (Å²) in [4.78, 5) is 20.6. The predicted octanol–water partition coefficient (Wildman–Crippen LogP) is 4.73. The lowest BCUT2D eigenvalue weighted by Gasteiger charge is -2.37. The second-order valence-electron chi connectivity index (χ2n) is 9.70. The van der Waals surface area contributed by atoms with Crippen LogP contribution >= 0.6 is 0 Å². The number of hydrogen-bond donors (Lipinski definition) is 1. The van der Waals surface area contributed by atoms with Crippen LogP contribution in [0.25, 0.3) is 22.3 Å². The maximum atomic E-state index is 13.7. The molecule has 0 radical (unpaired) electrons. The first-order valence-corrected chi connectivity index (χ1v) is 12.0. The van der Waals surface area contributed by atoms with Crippen molar-refractivity contribution < 1.29 is 4.79 Å². The zero-order valence-corrected chi connectivity index (χ0v) is 19.3. The summed E-state index contributed by atoms with van der Waals surface area (Å²) in [5.74, 6) is 0.0937. The van der Waals surface area contributed by atoms with Gasteiger partial charge in [0.25, 0.3) is 5.91 Å². The van der Waals surface area contributed by atoms with Crippen LogP contribution in [0.3, 0.4) is 0 Å². The van der Waals surface area contributed by atoms with Gasteiger partial charge in [-0.2, -0.15) is 5.10 Å². The topological polar surface area (TPSA) is 63.1 Å². The van der Waals surface area contributed by atoms with Gasteiger partial charge in [-0.25, -0.2) is 9.67 Å². The van der Waals surface area contributed by atoms with Gasteiger partial charge in [0, 0.05) is 36.8 Å². The highest BCUT2D eigenvalue weighted by molar-refractivity contribution is 6.06. The van der Waals surface area contributed by atoms with E-state index in [4.69, 9.17) is 4.98 Å². The Bertz CT molecular complexity index is 1110. The molecule has 2 fully saturated rings. The highest BCUT2D eigenvalue weighted by Crippen LogP contribution is 2.28. The summed E-state index contributed by atoms with van der Waals surface area (Å²) in [5.41, 5.74) is 4.54. The van der Waals surface area contributed by atoms with E-state index in [-0.39, 0.29) is 11.9 Å². The number of benzene rings is 1. The van der Waals surface area contributed by atoms with E-state index in [1.165, 1.54) is 24.8 Å². The normalized spacial score (nSPS) is 17.8. The summed E-state index contributed by atoms with van der Waals surface area (Å²) < 4.78 is 1.92. The number of aryl methyl sites for hydroxylation is 1. The highest BCUT2D eigenvalue weighted by Gasteiger charge is 2.28. The Hall–Kier alpha value is -2.73. The van der Waals surface area contributed by atoms with Gasteiger partial charge in [-0.3, -0.25) is 4.79 Å². The van der Waals surface area contributed by atoms with Crippen LogP contribution in [-0.2, 0) is 0 Å². The lowest BCUT2D eigenvalue weighted by molar-refractivity contribution is 0.0699. The number of rotatable bonds is 5. The molecule has 3 aromatic rings. The van der Waals surface area contributed by atoms with E-state index in [0.717, 1.165) is 48.2 Å². The van der Waals surface area contributed by atoms with Crippen LogP contribution in [0.15, 0.2) is 36.5 Å². The van der Waals surface area contributed by atoms with Gasteiger partial charge in [0.1, 0.15) is 0 Å². The van der Waals surface area contributed by atoms with Gasteiger partial charge in [0.05, 0.1) is 22.8 Å². The molecule has 2 aromatic heterocycles. The summed E-state index contributed by atoms with van der Waals surface area (Å²) in [5, 5.41) is 9.18. The molecule has 0 spiro atoms. The number of amides is 1. The Morgan fingerprint density at radius 1 is 1.06 bits per heavy atom. The molecule has 0 bridgehead atoms. The standard InChI is InChI=1S/C26H33N5O/c1-17(2)31-25-23(16-27-31)22(15-24(29-25)19-9-7-18(3)8-10-19)26(32)30-13-11-21(12-14-30)28-20-5-4-6-20/h7-10,15-17,20-21,28H,4-6,11-14H2,1-3H3. The molecule has 3 heterocycles. The average molecular weight is 432 g/mol. The van der Waals surface area contributed by atoms with Crippen molar-refractivity contribution in [2.75, 3.05) is 13.1 Å². The largest absolute Gasteiger partial charge is 0.339 e. The van der Waals surface area contributed by atoms with Crippen LogP contribution in [0.1, 0.15) is 67.9 Å². The Labute approximate surface area is 190 Å².